The van der Waals surface area contributed by atoms with Crippen LogP contribution in [0.25, 0.3) is 0 Å². The molecule has 4 heteroatoms. The van der Waals surface area contributed by atoms with E-state index in [4.69, 9.17) is 0 Å². The maximum atomic E-state index is 11.9. The minimum Gasteiger partial charge on any atom is -0.295 e. The lowest BCUT2D eigenvalue weighted by Gasteiger charge is -2.30. The van der Waals surface area contributed by atoms with Crippen molar-refractivity contribution in [3.05, 3.63) is 0 Å². The molecule has 0 radical (unpaired) electrons. The van der Waals surface area contributed by atoms with E-state index in [1.807, 2.05) is 0 Å². The van der Waals surface area contributed by atoms with Crippen LogP contribution in [0.4, 0.5) is 13.2 Å². The van der Waals surface area contributed by atoms with Gasteiger partial charge in [0, 0.05) is 0 Å². The number of piperidine rings is 1. The second-order valence-corrected chi connectivity index (χ2v) is 3.57. The summed E-state index contributed by atoms with van der Waals surface area (Å²) in [5, 5.41) is 0. The minimum absolute atomic E-state index is 0. The van der Waals surface area contributed by atoms with Gasteiger partial charge in [-0.25, -0.2) is 0 Å². The summed E-state index contributed by atoms with van der Waals surface area (Å²) in [4.78, 5) is 1.49. The molecule has 0 N–H and O–H groups in total. The van der Waals surface area contributed by atoms with Gasteiger partial charge in [-0.1, -0.05) is 14.4 Å². The highest BCUT2D eigenvalue weighted by Gasteiger charge is 2.31. The number of halogens is 3. The predicted molar refractivity (Wildman–Crippen MR) is 47.6 cm³/mol. The normalized spacial score (nSPS) is 21.2. The van der Waals surface area contributed by atoms with E-state index in [0.717, 1.165) is 12.8 Å². The Morgan fingerprint density at radius 2 is 1.69 bits per heavy atom. The molecule has 0 saturated carbocycles. The Morgan fingerprint density at radius 3 is 2.08 bits per heavy atom. The van der Waals surface area contributed by atoms with Crippen LogP contribution < -0.4 is 0 Å². The van der Waals surface area contributed by atoms with Crippen LogP contribution in [0.15, 0.2) is 0 Å². The number of hydrogen-bond donors (Lipinski definition) is 0. The van der Waals surface area contributed by atoms with Crippen molar-refractivity contribution in [2.75, 3.05) is 19.6 Å². The molecule has 1 aliphatic heterocycles. The average molecular weight is 197 g/mol. The molecule has 13 heavy (non-hydrogen) atoms. The number of alkyl halides is 3. The summed E-state index contributed by atoms with van der Waals surface area (Å²) in [5.74, 6) is 0.592. The van der Waals surface area contributed by atoms with Gasteiger partial charge < -0.3 is 0 Å². The van der Waals surface area contributed by atoms with E-state index in [1.165, 1.54) is 4.90 Å². The first-order chi connectivity index (χ1) is 5.47. The Balaban J connectivity index is 0.00000144. The fourth-order valence-electron chi connectivity index (χ4n) is 1.47. The molecule has 1 rings (SSSR count). The Labute approximate surface area is 77.9 Å². The van der Waals surface area contributed by atoms with Crippen LogP contribution in [-0.4, -0.2) is 30.7 Å². The first-order valence-electron chi connectivity index (χ1n) is 4.26. The van der Waals surface area contributed by atoms with Gasteiger partial charge in [0.2, 0.25) is 0 Å². The summed E-state index contributed by atoms with van der Waals surface area (Å²) >= 11 is 0. The van der Waals surface area contributed by atoms with Crippen LogP contribution in [0.2, 0.25) is 0 Å². The highest BCUT2D eigenvalue weighted by molar-refractivity contribution is 4.71. The molecule has 1 fully saturated rings. The van der Waals surface area contributed by atoms with Crippen molar-refractivity contribution in [3.8, 4) is 0 Å². The summed E-state index contributed by atoms with van der Waals surface area (Å²) in [6.07, 6.45) is -2.23. The zero-order valence-corrected chi connectivity index (χ0v) is 7.19. The molecule has 0 amide bonds. The zero-order valence-electron chi connectivity index (χ0n) is 7.19. The van der Waals surface area contributed by atoms with Gasteiger partial charge in [-0.3, -0.25) is 4.90 Å². The van der Waals surface area contributed by atoms with Crippen molar-refractivity contribution in [1.82, 2.24) is 4.90 Å². The van der Waals surface area contributed by atoms with Gasteiger partial charge >= 0.3 is 6.18 Å². The molecule has 0 atom stereocenters. The number of likely N-dealkylation sites (tertiary alicyclic amines) is 1. The monoisotopic (exact) mass is 197 g/mol. The number of hydrogen-bond acceptors (Lipinski definition) is 1. The SMILES string of the molecule is C.CC1CCN(CC(F)(F)F)CC1. The van der Waals surface area contributed by atoms with Gasteiger partial charge in [0.25, 0.3) is 0 Å². The maximum absolute atomic E-state index is 11.9. The van der Waals surface area contributed by atoms with Crippen molar-refractivity contribution in [3.63, 3.8) is 0 Å². The molecular weight excluding hydrogens is 179 g/mol. The maximum Gasteiger partial charge on any atom is 0.401 e. The smallest absolute Gasteiger partial charge is 0.295 e. The topological polar surface area (TPSA) is 3.24 Å². The molecule has 1 nitrogen and oxygen atoms in total. The van der Waals surface area contributed by atoms with E-state index >= 15 is 0 Å². The summed E-state index contributed by atoms with van der Waals surface area (Å²) < 4.78 is 35.7. The first-order valence-corrected chi connectivity index (χ1v) is 4.26. The number of rotatable bonds is 1. The van der Waals surface area contributed by atoms with Crippen molar-refractivity contribution in [2.45, 2.75) is 33.4 Å². The van der Waals surface area contributed by atoms with Gasteiger partial charge in [-0.2, -0.15) is 13.2 Å². The molecule has 0 aromatic heterocycles. The highest BCUT2D eigenvalue weighted by Crippen LogP contribution is 2.21. The second kappa shape index (κ2) is 4.84. The largest absolute Gasteiger partial charge is 0.401 e. The third-order valence-electron chi connectivity index (χ3n) is 2.28. The van der Waals surface area contributed by atoms with Gasteiger partial charge in [0.05, 0.1) is 6.54 Å². The van der Waals surface area contributed by atoms with E-state index in [-0.39, 0.29) is 7.43 Å². The molecule has 1 saturated heterocycles. The zero-order chi connectivity index (χ0) is 9.19. The van der Waals surface area contributed by atoms with E-state index in [2.05, 4.69) is 6.92 Å². The van der Waals surface area contributed by atoms with E-state index < -0.39 is 12.7 Å². The predicted octanol–water partition coefficient (Wildman–Crippen LogP) is 2.92. The van der Waals surface area contributed by atoms with Crippen molar-refractivity contribution >= 4 is 0 Å². The Kier molecular flexibility index (Phi) is 4.75. The molecule has 0 bridgehead atoms. The van der Waals surface area contributed by atoms with Crippen LogP contribution in [0.3, 0.4) is 0 Å². The first kappa shape index (κ1) is 12.8. The molecule has 0 aliphatic carbocycles. The molecule has 80 valence electrons. The van der Waals surface area contributed by atoms with Gasteiger partial charge in [0.15, 0.2) is 0 Å². The molecule has 0 spiro atoms. The van der Waals surface area contributed by atoms with E-state index in [0.29, 0.717) is 19.0 Å². The summed E-state index contributed by atoms with van der Waals surface area (Å²) in [7, 11) is 0. The van der Waals surface area contributed by atoms with Crippen molar-refractivity contribution < 1.29 is 13.2 Å². The summed E-state index contributed by atoms with van der Waals surface area (Å²) in [6, 6.07) is 0. The lowest BCUT2D eigenvalue weighted by molar-refractivity contribution is -0.148. The van der Waals surface area contributed by atoms with Crippen LogP contribution in [-0.2, 0) is 0 Å². The fraction of sp³-hybridized carbons (Fsp3) is 1.00. The van der Waals surface area contributed by atoms with E-state index in [9.17, 15) is 13.2 Å². The molecule has 1 aliphatic rings. The third-order valence-corrected chi connectivity index (χ3v) is 2.28. The molecular formula is C9H18F3N. The summed E-state index contributed by atoms with van der Waals surface area (Å²) in [5.41, 5.74) is 0. The van der Waals surface area contributed by atoms with Gasteiger partial charge in [-0.05, 0) is 31.8 Å². The summed E-state index contributed by atoms with van der Waals surface area (Å²) in [6.45, 7) is 2.55. The van der Waals surface area contributed by atoms with Gasteiger partial charge in [-0.15, -0.1) is 0 Å². The lowest BCUT2D eigenvalue weighted by Crippen LogP contribution is -2.39. The molecule has 0 unspecified atom stereocenters. The van der Waals surface area contributed by atoms with Crippen LogP contribution >= 0.6 is 0 Å². The van der Waals surface area contributed by atoms with Gasteiger partial charge in [0.1, 0.15) is 0 Å². The average Bonchev–Trinajstić information content (AvgIpc) is 1.91. The molecule has 1 heterocycles. The van der Waals surface area contributed by atoms with E-state index in [1.54, 1.807) is 0 Å². The Hall–Kier alpha value is -0.250. The fourth-order valence-corrected chi connectivity index (χ4v) is 1.47. The van der Waals surface area contributed by atoms with Crippen molar-refractivity contribution in [1.29, 1.82) is 0 Å². The van der Waals surface area contributed by atoms with Crippen LogP contribution in [0.1, 0.15) is 27.2 Å². The second-order valence-electron chi connectivity index (χ2n) is 3.57. The van der Waals surface area contributed by atoms with Crippen LogP contribution in [0.5, 0.6) is 0 Å². The van der Waals surface area contributed by atoms with Crippen LogP contribution in [0, 0.1) is 5.92 Å². The molecule has 0 aromatic rings. The highest BCUT2D eigenvalue weighted by atomic mass is 19.4. The Bertz CT molecular complexity index is 136. The van der Waals surface area contributed by atoms with Crippen molar-refractivity contribution in [2.24, 2.45) is 5.92 Å². The minimum atomic E-state index is -4.03. The lowest BCUT2D eigenvalue weighted by atomic mass is 9.99. The third kappa shape index (κ3) is 5.13. The Morgan fingerprint density at radius 1 is 1.23 bits per heavy atom. The standard InChI is InChI=1S/C8H14F3N.CH4/c1-7-2-4-12(5-3-7)6-8(9,10)11;/h7H,2-6H2,1H3;1H4. The number of nitrogens with zero attached hydrogens (tertiary/aromatic N) is 1. The quantitative estimate of drug-likeness (QED) is 0.624. The molecule has 0 aromatic carbocycles.